The first-order valence-electron chi connectivity index (χ1n) is 6.01. The van der Waals surface area contributed by atoms with Gasteiger partial charge in [0.15, 0.2) is 5.78 Å². The van der Waals surface area contributed by atoms with Gasteiger partial charge in [-0.05, 0) is 19.8 Å². The van der Waals surface area contributed by atoms with Crippen LogP contribution < -0.4 is 5.48 Å². The molecule has 0 saturated carbocycles. The van der Waals surface area contributed by atoms with Crippen LogP contribution in [0.2, 0.25) is 0 Å². The van der Waals surface area contributed by atoms with Gasteiger partial charge in [-0.15, -0.1) is 0 Å². The third-order valence-corrected chi connectivity index (χ3v) is 1.90. The number of hydroxylamine groups is 1. The smallest absolute Gasteiger partial charge is 0.159 e. The maximum atomic E-state index is 11.0. The Balaban J connectivity index is -0.000000355. The lowest BCUT2D eigenvalue weighted by Crippen LogP contribution is -2.13. The van der Waals surface area contributed by atoms with Crippen LogP contribution in [0.1, 0.15) is 48.9 Å². The van der Waals surface area contributed by atoms with Gasteiger partial charge in [0.1, 0.15) is 0 Å². The fourth-order valence-electron chi connectivity index (χ4n) is 1.25. The van der Waals surface area contributed by atoms with Crippen LogP contribution in [0.15, 0.2) is 23.3 Å². The van der Waals surface area contributed by atoms with Gasteiger partial charge in [0.2, 0.25) is 0 Å². The molecule has 0 fully saturated rings. The van der Waals surface area contributed by atoms with Gasteiger partial charge in [0.05, 0.1) is 0 Å². The Hall–Kier alpha value is -0.930. The predicted molar refractivity (Wildman–Crippen MR) is 70.7 cm³/mol. The van der Waals surface area contributed by atoms with Gasteiger partial charge in [0, 0.05) is 13.5 Å². The number of carbonyl (C=O) groups excluding carboxylic acids is 1. The third-order valence-electron chi connectivity index (χ3n) is 1.90. The molecule has 1 aliphatic rings. The predicted octanol–water partition coefficient (Wildman–Crippen LogP) is 3.50. The van der Waals surface area contributed by atoms with E-state index in [1.165, 1.54) is 0 Å². The summed E-state index contributed by atoms with van der Waals surface area (Å²) in [7, 11) is 0. The Morgan fingerprint density at radius 1 is 1.44 bits per heavy atom. The molecule has 0 atom stereocenters. The summed E-state index contributed by atoms with van der Waals surface area (Å²) in [4.78, 5) is 11.0. The number of rotatable bonds is 3. The van der Waals surface area contributed by atoms with Crippen LogP contribution in [-0.2, 0) is 4.79 Å². The van der Waals surface area contributed by atoms with E-state index >= 15 is 0 Å². The zero-order valence-electron chi connectivity index (χ0n) is 11.1. The van der Waals surface area contributed by atoms with Gasteiger partial charge < -0.3 is 5.21 Å². The molecule has 0 bridgehead atoms. The summed E-state index contributed by atoms with van der Waals surface area (Å²) in [6.45, 7) is 10.0. The molecule has 0 heterocycles. The van der Waals surface area contributed by atoms with E-state index < -0.39 is 0 Å². The van der Waals surface area contributed by atoms with Gasteiger partial charge in [-0.3, -0.25) is 4.79 Å². The molecular weight excluding hydrogens is 202 g/mol. The molecule has 0 saturated heterocycles. The zero-order chi connectivity index (χ0) is 13.0. The Kier molecular flexibility index (Phi) is 13.3. The van der Waals surface area contributed by atoms with Crippen molar-refractivity contribution >= 4 is 5.78 Å². The van der Waals surface area contributed by atoms with Crippen LogP contribution in [-0.4, -0.2) is 17.5 Å². The average Bonchev–Trinajstić information content (AvgIpc) is 2.35. The van der Waals surface area contributed by atoms with E-state index in [2.05, 4.69) is 5.48 Å². The summed E-state index contributed by atoms with van der Waals surface area (Å²) >= 11 is 0. The summed E-state index contributed by atoms with van der Waals surface area (Å²) in [5.41, 5.74) is 3.92. The molecule has 96 valence electrons. The van der Waals surface area contributed by atoms with Crippen molar-refractivity contribution in [1.82, 2.24) is 5.48 Å². The van der Waals surface area contributed by atoms with E-state index in [1.54, 1.807) is 6.92 Å². The lowest BCUT2D eigenvalue weighted by molar-refractivity contribution is -0.113. The first-order chi connectivity index (χ1) is 7.74. The van der Waals surface area contributed by atoms with Crippen molar-refractivity contribution in [3.8, 4) is 0 Å². The van der Waals surface area contributed by atoms with Crippen LogP contribution in [0.5, 0.6) is 0 Å². The SMILES string of the molecule is CC.CC.CC(=O)C1=CCCC(CNO)=C1.[HH]. The molecule has 0 amide bonds. The number of hydrogen-bond acceptors (Lipinski definition) is 3. The van der Waals surface area contributed by atoms with Crippen molar-refractivity contribution in [3.05, 3.63) is 23.3 Å². The molecule has 1 aliphatic carbocycles. The van der Waals surface area contributed by atoms with E-state index in [1.807, 2.05) is 39.8 Å². The Morgan fingerprint density at radius 2 is 2.00 bits per heavy atom. The van der Waals surface area contributed by atoms with Crippen LogP contribution in [0, 0.1) is 0 Å². The minimum atomic E-state index is 0. The first-order valence-corrected chi connectivity index (χ1v) is 6.01. The fourth-order valence-corrected chi connectivity index (χ4v) is 1.25. The highest BCUT2D eigenvalue weighted by molar-refractivity contribution is 5.96. The van der Waals surface area contributed by atoms with Crippen LogP contribution in [0.25, 0.3) is 0 Å². The van der Waals surface area contributed by atoms with Crippen molar-refractivity contribution in [2.75, 3.05) is 6.54 Å². The van der Waals surface area contributed by atoms with Crippen LogP contribution in [0.4, 0.5) is 0 Å². The van der Waals surface area contributed by atoms with Crippen LogP contribution >= 0.6 is 0 Å². The summed E-state index contributed by atoms with van der Waals surface area (Å²) < 4.78 is 0. The highest BCUT2D eigenvalue weighted by Gasteiger charge is 2.07. The molecule has 2 N–H and O–H groups in total. The number of hydrogen-bond donors (Lipinski definition) is 2. The molecule has 16 heavy (non-hydrogen) atoms. The van der Waals surface area contributed by atoms with Gasteiger partial charge in [-0.25, -0.2) is 5.48 Å². The molecule has 0 aliphatic heterocycles. The second-order valence-electron chi connectivity index (χ2n) is 2.89. The standard InChI is InChI=1S/C9H13NO2.2C2H6.H2/c1-7(11)9-4-2-3-8(5-9)6-10-12;2*1-2;/h4-5,10,12H,2-3,6H2,1H3;2*1-2H3;1H. The molecule has 0 aromatic carbocycles. The molecule has 0 aromatic heterocycles. The van der Waals surface area contributed by atoms with Gasteiger partial charge in [-0.1, -0.05) is 45.4 Å². The van der Waals surface area contributed by atoms with E-state index in [9.17, 15) is 4.79 Å². The van der Waals surface area contributed by atoms with Crippen molar-refractivity contribution in [2.45, 2.75) is 47.5 Å². The highest BCUT2D eigenvalue weighted by atomic mass is 16.5. The third kappa shape index (κ3) is 7.37. The summed E-state index contributed by atoms with van der Waals surface area (Å²) in [5.74, 6) is 0.0881. The summed E-state index contributed by atoms with van der Waals surface area (Å²) in [5, 5.41) is 8.45. The molecule has 0 aromatic rings. The van der Waals surface area contributed by atoms with E-state index in [-0.39, 0.29) is 7.21 Å². The second-order valence-corrected chi connectivity index (χ2v) is 2.89. The minimum absolute atomic E-state index is 0. The highest BCUT2D eigenvalue weighted by Crippen LogP contribution is 2.16. The van der Waals surface area contributed by atoms with Crippen molar-refractivity contribution < 1.29 is 11.4 Å². The molecule has 0 radical (unpaired) electrons. The van der Waals surface area contributed by atoms with E-state index in [0.717, 1.165) is 24.0 Å². The quantitative estimate of drug-likeness (QED) is 0.728. The Bertz CT molecular complexity index is 248. The normalized spacial score (nSPS) is 13.4. The monoisotopic (exact) mass is 229 g/mol. The molecular formula is C13H27NO2. The first kappa shape index (κ1) is 17.5. The fraction of sp³-hybridized carbons (Fsp3) is 0.615. The number of allylic oxidation sites excluding steroid dienone is 3. The largest absolute Gasteiger partial charge is 0.317 e. The van der Waals surface area contributed by atoms with Crippen LogP contribution in [0.3, 0.4) is 0 Å². The number of nitrogens with one attached hydrogen (secondary N) is 1. The van der Waals surface area contributed by atoms with Crippen molar-refractivity contribution in [3.63, 3.8) is 0 Å². The molecule has 0 unspecified atom stereocenters. The molecule has 1 rings (SSSR count). The average molecular weight is 229 g/mol. The zero-order valence-corrected chi connectivity index (χ0v) is 11.1. The maximum Gasteiger partial charge on any atom is 0.159 e. The van der Waals surface area contributed by atoms with E-state index in [4.69, 9.17) is 5.21 Å². The second kappa shape index (κ2) is 12.1. The topological polar surface area (TPSA) is 49.3 Å². The summed E-state index contributed by atoms with van der Waals surface area (Å²) in [6.07, 6.45) is 5.59. The van der Waals surface area contributed by atoms with Gasteiger partial charge >= 0.3 is 0 Å². The maximum absolute atomic E-state index is 11.0. The van der Waals surface area contributed by atoms with E-state index in [0.29, 0.717) is 6.54 Å². The minimum Gasteiger partial charge on any atom is -0.317 e. The lowest BCUT2D eigenvalue weighted by atomic mass is 9.97. The summed E-state index contributed by atoms with van der Waals surface area (Å²) in [6, 6.07) is 0. The lowest BCUT2D eigenvalue weighted by Gasteiger charge is -2.10. The Labute approximate surface area is 101 Å². The van der Waals surface area contributed by atoms with Crippen molar-refractivity contribution in [2.24, 2.45) is 0 Å². The number of Topliss-reactive ketones (excluding diaryl/α,β-unsaturated/α-hetero) is 1. The molecule has 3 heteroatoms. The van der Waals surface area contributed by atoms with Gasteiger partial charge in [0.25, 0.3) is 0 Å². The Morgan fingerprint density at radius 3 is 2.44 bits per heavy atom. The van der Waals surface area contributed by atoms with Gasteiger partial charge in [-0.2, -0.15) is 0 Å². The number of ketones is 1. The number of carbonyl (C=O) groups is 1. The molecule has 3 nitrogen and oxygen atoms in total. The molecule has 0 spiro atoms. The van der Waals surface area contributed by atoms with Crippen molar-refractivity contribution in [1.29, 1.82) is 0 Å².